The zero-order valence-electron chi connectivity index (χ0n) is 33.1. The Bertz CT molecular complexity index is 1490. The van der Waals surface area contributed by atoms with Crippen LogP contribution in [0.5, 0.6) is 11.5 Å². The van der Waals surface area contributed by atoms with Gasteiger partial charge in [0.15, 0.2) is 18.9 Å². The number of phenols is 1. The van der Waals surface area contributed by atoms with Crippen LogP contribution in [0, 0.1) is 0 Å². The molecule has 3 fully saturated rings. The number of aliphatic hydroxyl groups excluding tert-OH is 1. The lowest BCUT2D eigenvalue weighted by atomic mass is 9.93. The van der Waals surface area contributed by atoms with Gasteiger partial charge in [0, 0.05) is 63.0 Å². The van der Waals surface area contributed by atoms with Gasteiger partial charge in [-0.05, 0) is 63.8 Å². The highest BCUT2D eigenvalue weighted by molar-refractivity contribution is 5.75. The smallest absolute Gasteiger partial charge is 0.302 e. The van der Waals surface area contributed by atoms with Crippen LogP contribution < -0.4 is 4.74 Å². The highest BCUT2D eigenvalue weighted by Gasteiger charge is 2.39. The lowest BCUT2D eigenvalue weighted by Gasteiger charge is -2.42. The van der Waals surface area contributed by atoms with E-state index in [2.05, 4.69) is 13.8 Å². The number of carbonyl (C=O) groups is 2. The molecule has 0 radical (unpaired) electrons. The molecule has 12 heteroatoms. The van der Waals surface area contributed by atoms with E-state index in [0.717, 1.165) is 36.8 Å². The van der Waals surface area contributed by atoms with Gasteiger partial charge in [-0.15, -0.1) is 0 Å². The number of hydrogen-bond donors (Lipinski definition) is 2. The standard InChI is InChI=1S/C43H62O12/c1-6-11-41-50-36(21-33(47)18-28(4)49-29(5)45)23-37(51-41)24-39-26-40(55-42(54-39)30-13-8-15-32(46)19-30)25-38-22-34(7-2)52-43(53-38)31-14-9-16-35(20-31)48-17-10-12-27(3)44/h8-9,13-16,19-20,28,33-34,36-43,46-47H,6-7,10-12,17-18,21-26H2,1-5H3. The molecule has 2 aromatic carbocycles. The maximum Gasteiger partial charge on any atom is 0.302 e. The van der Waals surface area contributed by atoms with Crippen molar-refractivity contribution in [3.8, 4) is 11.5 Å². The van der Waals surface area contributed by atoms with Crippen molar-refractivity contribution in [3.63, 3.8) is 0 Å². The first-order chi connectivity index (χ1) is 26.5. The predicted octanol–water partition coefficient (Wildman–Crippen LogP) is 7.77. The Balaban J connectivity index is 1.26. The Morgan fingerprint density at radius 3 is 2.00 bits per heavy atom. The molecule has 2 aromatic rings. The maximum absolute atomic E-state index is 11.4. The number of benzene rings is 2. The topological polar surface area (TPSA) is 148 Å². The average Bonchev–Trinajstić information content (AvgIpc) is 3.13. The van der Waals surface area contributed by atoms with Gasteiger partial charge in [0.25, 0.3) is 0 Å². The summed E-state index contributed by atoms with van der Waals surface area (Å²) >= 11 is 0. The van der Waals surface area contributed by atoms with Crippen molar-refractivity contribution in [2.75, 3.05) is 6.61 Å². The molecule has 3 saturated heterocycles. The van der Waals surface area contributed by atoms with Crippen LogP contribution in [0.2, 0.25) is 0 Å². The summed E-state index contributed by atoms with van der Waals surface area (Å²) in [5, 5.41) is 21.2. The molecule has 11 atom stereocenters. The summed E-state index contributed by atoms with van der Waals surface area (Å²) < 4.78 is 50.2. The largest absolute Gasteiger partial charge is 0.508 e. The molecule has 11 unspecified atom stereocenters. The number of hydrogen-bond acceptors (Lipinski definition) is 12. The average molecular weight is 771 g/mol. The minimum Gasteiger partial charge on any atom is -0.508 e. The van der Waals surface area contributed by atoms with Crippen molar-refractivity contribution >= 4 is 11.8 Å². The van der Waals surface area contributed by atoms with Crippen molar-refractivity contribution in [3.05, 3.63) is 59.7 Å². The molecular weight excluding hydrogens is 708 g/mol. The van der Waals surface area contributed by atoms with Crippen molar-refractivity contribution in [1.29, 1.82) is 0 Å². The van der Waals surface area contributed by atoms with Gasteiger partial charge in [-0.2, -0.15) is 0 Å². The van der Waals surface area contributed by atoms with E-state index in [4.69, 9.17) is 37.9 Å². The number of esters is 1. The van der Waals surface area contributed by atoms with Crippen LogP contribution in [0.4, 0.5) is 0 Å². The third kappa shape index (κ3) is 14.1. The zero-order chi connectivity index (χ0) is 39.3. The van der Waals surface area contributed by atoms with Crippen molar-refractivity contribution in [1.82, 2.24) is 0 Å². The van der Waals surface area contributed by atoms with E-state index >= 15 is 0 Å². The van der Waals surface area contributed by atoms with E-state index in [1.807, 2.05) is 30.3 Å². The summed E-state index contributed by atoms with van der Waals surface area (Å²) in [5.41, 5.74) is 1.60. The SMILES string of the molecule is CCCC1OC(CC(O)CC(C)OC(C)=O)CC(CC2CC(CC3CC(CC)OC(c4cccc(OCCCC(C)=O)c4)O3)OC(c3cccc(O)c3)O2)O1. The van der Waals surface area contributed by atoms with Gasteiger partial charge in [-0.3, -0.25) is 4.79 Å². The molecule has 3 heterocycles. The highest BCUT2D eigenvalue weighted by atomic mass is 16.7. The van der Waals surface area contributed by atoms with E-state index < -0.39 is 31.1 Å². The van der Waals surface area contributed by atoms with Crippen LogP contribution >= 0.6 is 0 Å². The molecule has 3 aliphatic heterocycles. The summed E-state index contributed by atoms with van der Waals surface area (Å²) in [7, 11) is 0. The zero-order valence-corrected chi connectivity index (χ0v) is 33.1. The fourth-order valence-corrected chi connectivity index (χ4v) is 7.78. The first-order valence-electron chi connectivity index (χ1n) is 20.2. The molecule has 12 nitrogen and oxygen atoms in total. The molecule has 0 bridgehead atoms. The number of carbonyl (C=O) groups excluding carboxylic acids is 2. The third-order valence-electron chi connectivity index (χ3n) is 10.3. The lowest BCUT2D eigenvalue weighted by Crippen LogP contribution is -2.44. The van der Waals surface area contributed by atoms with E-state index in [1.54, 1.807) is 32.0 Å². The van der Waals surface area contributed by atoms with Gasteiger partial charge in [-0.1, -0.05) is 44.5 Å². The van der Waals surface area contributed by atoms with Gasteiger partial charge < -0.3 is 52.9 Å². The molecule has 5 rings (SSSR count). The highest BCUT2D eigenvalue weighted by Crippen LogP contribution is 2.40. The molecule has 0 aliphatic carbocycles. The minimum absolute atomic E-state index is 0.00294. The Labute approximate surface area is 326 Å². The monoisotopic (exact) mass is 770 g/mol. The number of aliphatic hydroxyl groups is 1. The van der Waals surface area contributed by atoms with Gasteiger partial charge >= 0.3 is 5.97 Å². The van der Waals surface area contributed by atoms with Crippen LogP contribution in [0.15, 0.2) is 48.5 Å². The van der Waals surface area contributed by atoms with E-state index in [1.165, 1.54) is 6.92 Å². The number of Topliss-reactive ketones (excluding diaryl/α,β-unsaturated/α-hetero) is 1. The van der Waals surface area contributed by atoms with Crippen LogP contribution in [0.3, 0.4) is 0 Å². The summed E-state index contributed by atoms with van der Waals surface area (Å²) in [5.74, 6) is 0.618. The van der Waals surface area contributed by atoms with Crippen molar-refractivity contribution in [2.45, 2.75) is 179 Å². The molecule has 0 amide bonds. The Morgan fingerprint density at radius 1 is 0.800 bits per heavy atom. The molecule has 3 aliphatic rings. The van der Waals surface area contributed by atoms with Crippen LogP contribution in [-0.4, -0.2) is 83.7 Å². The van der Waals surface area contributed by atoms with Gasteiger partial charge in [0.1, 0.15) is 23.4 Å². The fraction of sp³-hybridized carbons (Fsp3) is 0.674. The maximum atomic E-state index is 11.4. The van der Waals surface area contributed by atoms with Gasteiger partial charge in [0.05, 0.1) is 49.3 Å². The predicted molar refractivity (Wildman–Crippen MR) is 203 cm³/mol. The van der Waals surface area contributed by atoms with Crippen LogP contribution in [-0.2, 0) is 42.7 Å². The minimum atomic E-state index is -0.697. The van der Waals surface area contributed by atoms with E-state index in [0.29, 0.717) is 63.7 Å². The van der Waals surface area contributed by atoms with Crippen molar-refractivity contribution < 1.29 is 57.7 Å². The quantitative estimate of drug-likeness (QED) is 0.106. The summed E-state index contributed by atoms with van der Waals surface area (Å²) in [6, 6.07) is 14.7. The first-order valence-corrected chi connectivity index (χ1v) is 20.2. The summed E-state index contributed by atoms with van der Waals surface area (Å²) in [6.45, 7) is 9.39. The molecule has 0 saturated carbocycles. The number of ketones is 1. The second kappa shape index (κ2) is 21.4. The van der Waals surface area contributed by atoms with E-state index in [9.17, 15) is 19.8 Å². The Hall–Kier alpha value is -3.10. The Morgan fingerprint density at radius 2 is 1.38 bits per heavy atom. The summed E-state index contributed by atoms with van der Waals surface area (Å²) in [6.07, 6.45) is 3.74. The molecule has 306 valence electrons. The number of ether oxygens (including phenoxy) is 8. The number of rotatable bonds is 19. The molecule has 55 heavy (non-hydrogen) atoms. The molecule has 2 N–H and O–H groups in total. The summed E-state index contributed by atoms with van der Waals surface area (Å²) in [4.78, 5) is 22.7. The lowest BCUT2D eigenvalue weighted by molar-refractivity contribution is -0.288. The molecular formula is C43H62O12. The van der Waals surface area contributed by atoms with Crippen LogP contribution in [0.1, 0.15) is 135 Å². The Kier molecular flexibility index (Phi) is 16.8. The van der Waals surface area contributed by atoms with E-state index in [-0.39, 0.29) is 54.1 Å². The third-order valence-corrected chi connectivity index (χ3v) is 10.3. The fourth-order valence-electron chi connectivity index (χ4n) is 7.78. The molecule has 0 aromatic heterocycles. The number of phenolic OH excluding ortho intramolecular Hbond substituents is 1. The second-order valence-electron chi connectivity index (χ2n) is 15.4. The van der Waals surface area contributed by atoms with Gasteiger partial charge in [-0.25, -0.2) is 0 Å². The van der Waals surface area contributed by atoms with Crippen LogP contribution in [0.25, 0.3) is 0 Å². The second-order valence-corrected chi connectivity index (χ2v) is 15.4. The number of aromatic hydroxyl groups is 1. The first kappa shape index (κ1) is 43.0. The van der Waals surface area contributed by atoms with Gasteiger partial charge in [0.2, 0.25) is 0 Å². The van der Waals surface area contributed by atoms with Crippen molar-refractivity contribution in [2.24, 2.45) is 0 Å². The molecule has 0 spiro atoms. The normalized spacial score (nSPS) is 29.6.